The van der Waals surface area contributed by atoms with Crippen molar-refractivity contribution in [3.05, 3.63) is 135 Å². The molecule has 10 nitrogen and oxygen atoms in total. The van der Waals surface area contributed by atoms with Crippen molar-refractivity contribution in [2.75, 3.05) is 21.3 Å². The lowest BCUT2D eigenvalue weighted by atomic mass is 9.81. The highest BCUT2D eigenvalue weighted by molar-refractivity contribution is 7.43. The molecule has 0 aliphatic rings. The summed E-state index contributed by atoms with van der Waals surface area (Å²) in [6.07, 6.45) is 0. The Morgan fingerprint density at radius 3 is 1.24 bits per heavy atom. The van der Waals surface area contributed by atoms with Crippen LogP contribution in [0.2, 0.25) is 10.0 Å². The van der Waals surface area contributed by atoms with Gasteiger partial charge in [-0.1, -0.05) is 112 Å². The van der Waals surface area contributed by atoms with Gasteiger partial charge in [0.05, 0.1) is 21.3 Å². The number of hydrogen-bond acceptors (Lipinski definition) is 9. The Morgan fingerprint density at radius 2 is 0.814 bits per heavy atom. The summed E-state index contributed by atoms with van der Waals surface area (Å²) in [5.41, 5.74) is 5.65. The number of hydrogen-bond donors (Lipinski definition) is 0. The van der Waals surface area contributed by atoms with Crippen molar-refractivity contribution in [3.63, 3.8) is 0 Å². The van der Waals surface area contributed by atoms with Gasteiger partial charge in [-0.25, -0.2) is 0 Å². The summed E-state index contributed by atoms with van der Waals surface area (Å²) in [5.74, 6) is 3.89. The number of halogens is 2. The topological polar surface area (TPSA) is 122 Å². The second kappa shape index (κ2) is 20.9. The van der Waals surface area contributed by atoms with Crippen LogP contribution in [0.4, 0.5) is 0 Å². The lowest BCUT2D eigenvalue weighted by Crippen LogP contribution is -2.16. The molecule has 0 spiro atoms. The molecule has 1 atom stereocenters. The van der Waals surface area contributed by atoms with Crippen LogP contribution in [0.5, 0.6) is 40.2 Å². The van der Waals surface area contributed by atoms with Crippen LogP contribution < -0.4 is 32.3 Å². The molecule has 0 amide bonds. The normalized spacial score (nSPS) is 12.4. The molecule has 0 aliphatic heterocycles. The van der Waals surface area contributed by atoms with Gasteiger partial charge in [-0.05, 0) is 125 Å². The molecule has 1 unspecified atom stereocenters. The maximum Gasteiger partial charge on any atom is 0.530 e. The monoisotopic (exact) mass is 1030 g/mol. The molecule has 7 aromatic rings. The lowest BCUT2D eigenvalue weighted by molar-refractivity contribution is 0.380. The largest absolute Gasteiger partial charge is 0.530 e. The van der Waals surface area contributed by atoms with Crippen molar-refractivity contribution < 1.29 is 46.2 Å². The van der Waals surface area contributed by atoms with Crippen LogP contribution in [-0.2, 0) is 21.7 Å². The van der Waals surface area contributed by atoms with Crippen LogP contribution in [0.15, 0.2) is 105 Å². The van der Waals surface area contributed by atoms with Gasteiger partial charge in [0.15, 0.2) is 0 Å². The molecular formula is C56H66Cl2O10P2. The first kappa shape index (κ1) is 54.1. The van der Waals surface area contributed by atoms with Crippen LogP contribution in [-0.4, -0.2) is 26.8 Å². The molecule has 0 bridgehead atoms. The number of benzene rings is 6. The van der Waals surface area contributed by atoms with E-state index >= 15 is 0 Å². The molecule has 2 N–H and O–H groups in total. The molecule has 70 heavy (non-hydrogen) atoms. The Morgan fingerprint density at radius 1 is 0.443 bits per heavy atom. The minimum Gasteiger partial charge on any atom is -0.497 e. The molecule has 1 heterocycles. The minimum absolute atomic E-state index is 0. The zero-order valence-electron chi connectivity index (χ0n) is 43.1. The van der Waals surface area contributed by atoms with Gasteiger partial charge in [0, 0.05) is 54.2 Å². The van der Waals surface area contributed by atoms with E-state index in [1.807, 2.05) is 36.4 Å². The average molecular weight is 1030 g/mol. The molecule has 374 valence electrons. The third-order valence-electron chi connectivity index (χ3n) is 11.6. The first-order valence-corrected chi connectivity index (χ1v) is 25.7. The van der Waals surface area contributed by atoms with Crippen molar-refractivity contribution >= 4 is 62.0 Å². The highest BCUT2D eigenvalue weighted by Gasteiger charge is 2.34. The van der Waals surface area contributed by atoms with Crippen molar-refractivity contribution in [1.29, 1.82) is 0 Å². The van der Waals surface area contributed by atoms with Gasteiger partial charge < -0.3 is 46.2 Å². The van der Waals surface area contributed by atoms with E-state index in [4.69, 9.17) is 63.9 Å². The van der Waals surface area contributed by atoms with E-state index in [2.05, 4.69) is 102 Å². The standard InChI is InChI=1S/C56H64Cl2O9P2.H2O/c1-33-25-41-42-27-38(59-14)30-46(54(5,6)7)50(42)66-69(65-49(41)45(26-33)53(2,3)4)67-52-44(29-40(61-16)32-48(52)56(11,12)13)43-28-39(60-15)31-47(55(8,9)10)51(43)64-68(62-36-21-17-34(57)18-22-36)63-37-23-19-35(58)20-24-37;/h17-32H,1-16H3;1H2. The van der Waals surface area contributed by atoms with E-state index < -0.39 is 27.7 Å². The second-order valence-corrected chi connectivity index (χ2v) is 24.1. The molecule has 14 heteroatoms. The Balaban J connectivity index is 0.00000804. The Hall–Kier alpha value is -5.21. The number of fused-ring (bicyclic) bond motifs is 3. The summed E-state index contributed by atoms with van der Waals surface area (Å²) in [4.78, 5) is 0. The predicted octanol–water partition coefficient (Wildman–Crippen LogP) is 17.6. The molecule has 0 radical (unpaired) electrons. The van der Waals surface area contributed by atoms with Crippen LogP contribution in [0.1, 0.15) is 111 Å². The van der Waals surface area contributed by atoms with Gasteiger partial charge in [-0.2, -0.15) is 0 Å². The summed E-state index contributed by atoms with van der Waals surface area (Å²) in [6.45, 7) is 27.9. The van der Waals surface area contributed by atoms with Crippen molar-refractivity contribution in [2.24, 2.45) is 0 Å². The fourth-order valence-electron chi connectivity index (χ4n) is 7.93. The molecule has 0 fully saturated rings. The van der Waals surface area contributed by atoms with E-state index in [0.717, 1.165) is 38.6 Å². The van der Waals surface area contributed by atoms with Crippen molar-refractivity contribution in [1.82, 2.24) is 0 Å². The van der Waals surface area contributed by atoms with Crippen LogP contribution in [0.3, 0.4) is 0 Å². The van der Waals surface area contributed by atoms with Crippen LogP contribution in [0, 0.1) is 6.92 Å². The minimum atomic E-state index is -2.24. The van der Waals surface area contributed by atoms with Gasteiger partial charge in [-0.3, -0.25) is 0 Å². The molecule has 6 aromatic carbocycles. The number of methoxy groups -OCH3 is 3. The fourth-order valence-corrected chi connectivity index (χ4v) is 10.4. The summed E-state index contributed by atoms with van der Waals surface area (Å²) in [7, 11) is 0.538. The van der Waals surface area contributed by atoms with Gasteiger partial charge in [0.25, 0.3) is 0 Å². The third kappa shape index (κ3) is 12.1. The lowest BCUT2D eigenvalue weighted by Gasteiger charge is -2.29. The van der Waals surface area contributed by atoms with Crippen molar-refractivity contribution in [3.8, 4) is 51.4 Å². The summed E-state index contributed by atoms with van der Waals surface area (Å²) >= 11 is 12.6. The molecule has 1 aromatic heterocycles. The SMILES string of the molecule is COc1cc(-c2cc(OC)cc(C(C)(C)C)c2Op2oc3c(C(C)(C)C)cc(C)cc3c3cc(OC)cc(C(C)(C)C)c3o2)c(OP(Oc2ccc(Cl)cc2)Oc2ccc(Cl)cc2)c(C(C)(C)C)c1.O. The number of aryl methyl sites for hydroxylation is 1. The second-order valence-electron chi connectivity index (χ2n) is 21.2. The Kier molecular flexibility index (Phi) is 16.1. The third-order valence-corrected chi connectivity index (χ3v) is 14.1. The highest BCUT2D eigenvalue weighted by Crippen LogP contribution is 2.55. The van der Waals surface area contributed by atoms with E-state index in [-0.39, 0.29) is 16.3 Å². The van der Waals surface area contributed by atoms with Crippen LogP contribution in [0.25, 0.3) is 33.1 Å². The fraction of sp³-hybridized carbons (Fsp3) is 0.357. The summed E-state index contributed by atoms with van der Waals surface area (Å²) in [5, 5.41) is 2.88. The maximum atomic E-state index is 7.44. The first-order valence-electron chi connectivity index (χ1n) is 22.8. The average Bonchev–Trinajstić information content (AvgIpc) is 3.42. The molecular weight excluding hydrogens is 965 g/mol. The van der Waals surface area contributed by atoms with E-state index in [1.165, 1.54) is 0 Å². The smallest absolute Gasteiger partial charge is 0.497 e. The molecule has 0 aliphatic carbocycles. The zero-order valence-corrected chi connectivity index (χ0v) is 46.4. The Labute approximate surface area is 425 Å². The van der Waals surface area contributed by atoms with Gasteiger partial charge in [-0.15, -0.1) is 0 Å². The van der Waals surface area contributed by atoms with Crippen LogP contribution >= 0.6 is 40.0 Å². The first-order chi connectivity index (χ1) is 32.3. The zero-order chi connectivity index (χ0) is 50.4. The Bertz CT molecular complexity index is 2980. The number of ether oxygens (including phenoxy) is 3. The van der Waals surface area contributed by atoms with Gasteiger partial charge in [0.1, 0.15) is 51.4 Å². The highest BCUT2D eigenvalue weighted by atomic mass is 35.5. The van der Waals surface area contributed by atoms with Crippen molar-refractivity contribution in [2.45, 2.75) is 112 Å². The van der Waals surface area contributed by atoms with E-state index in [9.17, 15) is 0 Å². The molecule has 0 saturated heterocycles. The summed E-state index contributed by atoms with van der Waals surface area (Å²) < 4.78 is 60.3. The summed E-state index contributed by atoms with van der Waals surface area (Å²) in [6, 6.07) is 30.4. The van der Waals surface area contributed by atoms with E-state index in [1.54, 1.807) is 69.9 Å². The maximum absolute atomic E-state index is 7.44. The molecule has 7 rings (SSSR count). The predicted molar refractivity (Wildman–Crippen MR) is 289 cm³/mol. The van der Waals surface area contributed by atoms with E-state index in [0.29, 0.717) is 72.6 Å². The van der Waals surface area contributed by atoms with Gasteiger partial charge >= 0.3 is 16.8 Å². The number of rotatable bonds is 12. The van der Waals surface area contributed by atoms with Gasteiger partial charge in [0.2, 0.25) is 0 Å². The quantitative estimate of drug-likeness (QED) is 0.110. The molecule has 0 saturated carbocycles.